The van der Waals surface area contributed by atoms with Crippen LogP contribution in [-0.2, 0) is 7.05 Å². The van der Waals surface area contributed by atoms with E-state index in [-0.39, 0.29) is 0 Å². The van der Waals surface area contributed by atoms with E-state index in [0.717, 1.165) is 60.8 Å². The van der Waals surface area contributed by atoms with E-state index in [9.17, 15) is 0 Å². The summed E-state index contributed by atoms with van der Waals surface area (Å²) in [7, 11) is 2.09. The quantitative estimate of drug-likeness (QED) is 0.235. The van der Waals surface area contributed by atoms with Crippen molar-refractivity contribution in [2.45, 2.75) is 0 Å². The Hall–Kier alpha value is -4.18. The highest BCUT2D eigenvalue weighted by molar-refractivity contribution is 6.25. The topological polar surface area (TPSA) is 68.8 Å². The summed E-state index contributed by atoms with van der Waals surface area (Å²) >= 11 is 0. The van der Waals surface area contributed by atoms with Gasteiger partial charge in [0.05, 0.1) is 22.0 Å². The van der Waals surface area contributed by atoms with Gasteiger partial charge in [-0.3, -0.25) is 0 Å². The first-order valence-electron chi connectivity index (χ1n) is 10.3. The molecule has 4 aromatic carbocycles. The number of pyridine rings is 2. The Morgan fingerprint density at radius 1 is 0.677 bits per heavy atom. The third-order valence-corrected chi connectivity index (χ3v) is 6.06. The van der Waals surface area contributed by atoms with Gasteiger partial charge in [0.2, 0.25) is 11.2 Å². The van der Waals surface area contributed by atoms with Gasteiger partial charge in [0.25, 0.3) is 0 Å². The average molecular weight is 401 g/mol. The van der Waals surface area contributed by atoms with Crippen LogP contribution < -0.4 is 16.0 Å². The largest absolute Gasteiger partial charge is 0.399 e. The second-order valence-electron chi connectivity index (χ2n) is 8.03. The van der Waals surface area contributed by atoms with Gasteiger partial charge in [-0.15, -0.1) is 0 Å². The lowest BCUT2D eigenvalue weighted by Gasteiger charge is -2.16. The van der Waals surface area contributed by atoms with Gasteiger partial charge in [-0.05, 0) is 30.3 Å². The molecule has 0 unspecified atom stereocenters. The van der Waals surface area contributed by atoms with E-state index in [4.69, 9.17) is 16.5 Å². The highest BCUT2D eigenvalue weighted by Gasteiger charge is 2.26. The van der Waals surface area contributed by atoms with Crippen LogP contribution in [0.2, 0.25) is 0 Å². The minimum absolute atomic E-state index is 0.703. The highest BCUT2D eigenvalue weighted by Crippen LogP contribution is 2.41. The lowest BCUT2D eigenvalue weighted by Crippen LogP contribution is -2.33. The number of rotatable bonds is 2. The molecule has 0 aliphatic heterocycles. The number of aryl methyl sites for hydroxylation is 1. The zero-order chi connectivity index (χ0) is 21.1. The number of hydrogen-bond donors (Lipinski definition) is 2. The van der Waals surface area contributed by atoms with Crippen molar-refractivity contribution in [3.05, 3.63) is 84.9 Å². The van der Waals surface area contributed by atoms with Crippen LogP contribution in [0.5, 0.6) is 0 Å². The Kier molecular flexibility index (Phi) is 3.65. The van der Waals surface area contributed by atoms with Gasteiger partial charge in [0, 0.05) is 39.3 Å². The molecule has 31 heavy (non-hydrogen) atoms. The Morgan fingerprint density at radius 3 is 2.00 bits per heavy atom. The second kappa shape index (κ2) is 6.41. The van der Waals surface area contributed by atoms with Crippen molar-refractivity contribution in [3.63, 3.8) is 0 Å². The van der Waals surface area contributed by atoms with E-state index in [1.54, 1.807) is 0 Å². The number of aromatic nitrogens is 2. The molecule has 0 aliphatic carbocycles. The van der Waals surface area contributed by atoms with Crippen LogP contribution in [0.3, 0.4) is 0 Å². The van der Waals surface area contributed by atoms with Gasteiger partial charge < -0.3 is 11.5 Å². The first-order valence-corrected chi connectivity index (χ1v) is 10.3. The average Bonchev–Trinajstić information content (AvgIpc) is 2.78. The first-order chi connectivity index (χ1) is 15.1. The lowest BCUT2D eigenvalue weighted by atomic mass is 9.93. The molecule has 0 fully saturated rings. The fraction of sp³-hybridized carbons (Fsp3) is 0.0370. The summed E-state index contributed by atoms with van der Waals surface area (Å²) in [5.41, 5.74) is 20.4. The standard InChI is InChI=1S/C27H20N4/c1-31-23-15-19(29)12-20-25(23)24-21(27(31)17-10-6-3-7-11-17)13-18(28)14-22(24)30-26(20)16-8-4-2-5-9-16/h2-15,29H,28H2,1H3/p+1. The van der Waals surface area contributed by atoms with E-state index in [1.165, 1.54) is 0 Å². The molecule has 0 radical (unpaired) electrons. The van der Waals surface area contributed by atoms with Crippen LogP contribution in [0.1, 0.15) is 0 Å². The summed E-state index contributed by atoms with van der Waals surface area (Å²) < 4.78 is 2.23. The monoisotopic (exact) mass is 401 g/mol. The molecule has 6 rings (SSSR count). The van der Waals surface area contributed by atoms with Gasteiger partial charge in [-0.1, -0.05) is 48.5 Å². The van der Waals surface area contributed by atoms with E-state index in [2.05, 4.69) is 60.1 Å². The molecule has 0 amide bonds. The van der Waals surface area contributed by atoms with Crippen LogP contribution in [0.15, 0.2) is 84.9 Å². The maximum Gasteiger partial charge on any atom is 0.220 e. The van der Waals surface area contributed by atoms with Crippen molar-refractivity contribution in [3.8, 4) is 22.5 Å². The molecular formula is C27H21N4+. The third-order valence-electron chi connectivity index (χ3n) is 6.06. The number of nitrogens with two attached hydrogens (primary N) is 2. The molecule has 0 bridgehead atoms. The molecule has 6 aromatic rings. The number of benzene rings is 4. The molecule has 2 heterocycles. The predicted molar refractivity (Wildman–Crippen MR) is 129 cm³/mol. The molecule has 4 nitrogen and oxygen atoms in total. The third kappa shape index (κ3) is 2.55. The lowest BCUT2D eigenvalue weighted by molar-refractivity contribution is -0.632. The summed E-state index contributed by atoms with van der Waals surface area (Å²) in [6.07, 6.45) is 0. The normalized spacial score (nSPS) is 11.6. The van der Waals surface area contributed by atoms with Gasteiger partial charge in [-0.2, -0.15) is 4.57 Å². The van der Waals surface area contributed by atoms with Gasteiger partial charge in [-0.25, -0.2) is 4.98 Å². The Labute approximate surface area is 179 Å². The zero-order valence-electron chi connectivity index (χ0n) is 17.1. The van der Waals surface area contributed by atoms with Gasteiger partial charge in [0.15, 0.2) is 0 Å². The second-order valence-corrected chi connectivity index (χ2v) is 8.03. The first kappa shape index (κ1) is 17.7. The molecule has 148 valence electrons. The fourth-order valence-electron chi connectivity index (χ4n) is 4.79. The minimum Gasteiger partial charge on any atom is -0.399 e. The fourth-order valence-corrected chi connectivity index (χ4v) is 4.79. The minimum atomic E-state index is 0.703. The van der Waals surface area contributed by atoms with Crippen molar-refractivity contribution in [1.82, 2.24) is 4.98 Å². The number of hydrogen-bond acceptors (Lipinski definition) is 3. The molecular weight excluding hydrogens is 380 g/mol. The predicted octanol–water partition coefficient (Wildman–Crippen LogP) is 5.30. The summed E-state index contributed by atoms with van der Waals surface area (Å²) in [4.78, 5) is 5.10. The molecule has 2 aromatic heterocycles. The Morgan fingerprint density at radius 2 is 1.29 bits per heavy atom. The van der Waals surface area contributed by atoms with Gasteiger partial charge >= 0.3 is 0 Å². The van der Waals surface area contributed by atoms with Crippen LogP contribution >= 0.6 is 0 Å². The maximum absolute atomic E-state index is 6.40. The summed E-state index contributed by atoms with van der Waals surface area (Å²) in [5, 5.41) is 4.43. The summed E-state index contributed by atoms with van der Waals surface area (Å²) in [5.74, 6) is 0. The molecule has 0 saturated carbocycles. The van der Waals surface area contributed by atoms with Crippen LogP contribution in [0.25, 0.3) is 55.1 Å². The van der Waals surface area contributed by atoms with Crippen molar-refractivity contribution in [2.24, 2.45) is 7.05 Å². The summed E-state index contributed by atoms with van der Waals surface area (Å²) in [6.45, 7) is 0. The van der Waals surface area contributed by atoms with Gasteiger partial charge in [0.1, 0.15) is 7.05 Å². The van der Waals surface area contributed by atoms with E-state index in [1.807, 2.05) is 36.4 Å². The smallest absolute Gasteiger partial charge is 0.220 e. The molecule has 4 N–H and O–H groups in total. The number of nitrogens with zero attached hydrogens (tertiary/aromatic N) is 2. The Bertz CT molecular complexity index is 1590. The Balaban J connectivity index is 1.90. The van der Waals surface area contributed by atoms with Crippen LogP contribution in [0.4, 0.5) is 11.4 Å². The van der Waals surface area contributed by atoms with Crippen molar-refractivity contribution < 1.29 is 4.57 Å². The van der Waals surface area contributed by atoms with Crippen molar-refractivity contribution >= 4 is 44.0 Å². The SMILES string of the molecule is C[n+]1c(-c2ccccc2)c2cc(N)cc3nc(-c4ccccc4)c4cc(N)cc1c4c32. The molecule has 0 aliphatic rings. The molecule has 4 heteroatoms. The highest BCUT2D eigenvalue weighted by atomic mass is 14.9. The molecule has 0 atom stereocenters. The van der Waals surface area contributed by atoms with Crippen LogP contribution in [0, 0.1) is 0 Å². The van der Waals surface area contributed by atoms with Crippen molar-refractivity contribution in [1.29, 1.82) is 0 Å². The van der Waals surface area contributed by atoms with Crippen LogP contribution in [-0.4, -0.2) is 4.98 Å². The molecule has 0 saturated heterocycles. The van der Waals surface area contributed by atoms with E-state index in [0.29, 0.717) is 5.69 Å². The van der Waals surface area contributed by atoms with E-state index < -0.39 is 0 Å². The number of anilines is 2. The number of nitrogen functional groups attached to an aromatic ring is 2. The maximum atomic E-state index is 6.40. The van der Waals surface area contributed by atoms with E-state index >= 15 is 0 Å². The van der Waals surface area contributed by atoms with Crippen molar-refractivity contribution in [2.75, 3.05) is 11.5 Å². The summed E-state index contributed by atoms with van der Waals surface area (Å²) in [6, 6.07) is 28.8. The molecule has 0 spiro atoms. The zero-order valence-corrected chi connectivity index (χ0v) is 17.1.